The minimum Gasteiger partial charge on any atom is -0.453 e. The molecular weight excluding hydrogens is 246 g/mol. The maximum Gasteiger partial charge on any atom is 0.355 e. The van der Waals surface area contributed by atoms with E-state index in [2.05, 4.69) is 10.1 Å². The van der Waals surface area contributed by atoms with Crippen LogP contribution < -0.4 is 5.73 Å². The summed E-state index contributed by atoms with van der Waals surface area (Å²) in [6, 6.07) is 1.62. The molecule has 0 aliphatic heterocycles. The third kappa shape index (κ3) is 2.93. The molecule has 0 aromatic carbocycles. The fourth-order valence-corrected chi connectivity index (χ4v) is 1.78. The van der Waals surface area contributed by atoms with Gasteiger partial charge in [-0.1, -0.05) is 6.92 Å². The van der Waals surface area contributed by atoms with Crippen LogP contribution >= 0.6 is 0 Å². The van der Waals surface area contributed by atoms with E-state index in [1.165, 1.54) is 6.33 Å². The van der Waals surface area contributed by atoms with Gasteiger partial charge in [0, 0.05) is 19.8 Å². The van der Waals surface area contributed by atoms with Crippen molar-refractivity contribution in [3.05, 3.63) is 30.1 Å². The monoisotopic (exact) mass is 263 g/mol. The van der Waals surface area contributed by atoms with Crippen molar-refractivity contribution in [2.75, 3.05) is 5.73 Å². The Hall–Kier alpha value is -2.31. The number of hydrogen-bond donors (Lipinski definition) is 1. The van der Waals surface area contributed by atoms with E-state index in [1.807, 2.05) is 6.92 Å². The predicted molar refractivity (Wildman–Crippen MR) is 69.3 cm³/mol. The fourth-order valence-electron chi connectivity index (χ4n) is 1.78. The topological polar surface area (TPSA) is 88.0 Å². The third-order valence-corrected chi connectivity index (χ3v) is 2.73. The van der Waals surface area contributed by atoms with Crippen LogP contribution in [0.5, 0.6) is 0 Å². The van der Waals surface area contributed by atoms with E-state index in [0.717, 1.165) is 13.0 Å². The first kappa shape index (κ1) is 13.1. The number of carbonyl (C=O) groups excluding carboxylic acids is 1. The highest BCUT2D eigenvalue weighted by atomic mass is 16.5. The second-order valence-electron chi connectivity index (χ2n) is 4.23. The highest BCUT2D eigenvalue weighted by Crippen LogP contribution is 2.13. The molecule has 0 radical (unpaired) electrons. The first-order valence-electron chi connectivity index (χ1n) is 6.07. The standard InChI is InChI=1S/C12H17N5O2/c1-3-4-17-6-9(13)5-10(17)12(18)19-7-11-14-8-15-16(11)2/h5-6,8H,3-4,7,13H2,1-2H3. The van der Waals surface area contributed by atoms with Crippen molar-refractivity contribution in [3.63, 3.8) is 0 Å². The highest BCUT2D eigenvalue weighted by molar-refractivity contribution is 5.89. The predicted octanol–water partition coefficient (Wildman–Crippen LogP) is 0.966. The lowest BCUT2D eigenvalue weighted by Crippen LogP contribution is -2.13. The SMILES string of the molecule is CCCn1cc(N)cc1C(=O)OCc1ncnn1C. The van der Waals surface area contributed by atoms with Crippen LogP contribution in [0.25, 0.3) is 0 Å². The number of esters is 1. The van der Waals surface area contributed by atoms with Crippen LogP contribution in [0.2, 0.25) is 0 Å². The number of rotatable bonds is 5. The number of anilines is 1. The van der Waals surface area contributed by atoms with Gasteiger partial charge in [-0.15, -0.1) is 0 Å². The van der Waals surface area contributed by atoms with Crippen molar-refractivity contribution in [1.29, 1.82) is 0 Å². The zero-order valence-corrected chi connectivity index (χ0v) is 11.0. The number of nitrogens with zero attached hydrogens (tertiary/aromatic N) is 4. The molecule has 2 N–H and O–H groups in total. The minimum absolute atomic E-state index is 0.0898. The maximum absolute atomic E-state index is 12.0. The fraction of sp³-hybridized carbons (Fsp3) is 0.417. The first-order chi connectivity index (χ1) is 9.11. The normalized spacial score (nSPS) is 10.6. The summed E-state index contributed by atoms with van der Waals surface area (Å²) in [6.07, 6.45) is 4.07. The van der Waals surface area contributed by atoms with Crippen LogP contribution in [0, 0.1) is 0 Å². The zero-order valence-electron chi connectivity index (χ0n) is 11.0. The van der Waals surface area contributed by atoms with Gasteiger partial charge in [-0.3, -0.25) is 4.68 Å². The average Bonchev–Trinajstić information content (AvgIpc) is 2.93. The van der Waals surface area contributed by atoms with Crippen molar-refractivity contribution in [2.45, 2.75) is 26.5 Å². The molecule has 2 aromatic heterocycles. The summed E-state index contributed by atoms with van der Waals surface area (Å²) < 4.78 is 8.58. The molecule has 0 aliphatic rings. The van der Waals surface area contributed by atoms with Gasteiger partial charge < -0.3 is 15.0 Å². The molecule has 19 heavy (non-hydrogen) atoms. The molecule has 0 unspecified atom stereocenters. The quantitative estimate of drug-likeness (QED) is 0.812. The Morgan fingerprint density at radius 3 is 2.95 bits per heavy atom. The number of nitrogen functional groups attached to an aromatic ring is 1. The number of hydrogen-bond acceptors (Lipinski definition) is 5. The first-order valence-corrected chi connectivity index (χ1v) is 6.07. The molecule has 2 aromatic rings. The molecule has 0 aliphatic carbocycles. The molecule has 0 saturated carbocycles. The molecule has 0 fully saturated rings. The van der Waals surface area contributed by atoms with Crippen LogP contribution in [0.3, 0.4) is 0 Å². The molecule has 102 valence electrons. The molecular formula is C12H17N5O2. The molecule has 7 heteroatoms. The van der Waals surface area contributed by atoms with Crippen molar-refractivity contribution in [3.8, 4) is 0 Å². The Kier molecular flexibility index (Phi) is 3.84. The van der Waals surface area contributed by atoms with Gasteiger partial charge in [0.05, 0.1) is 5.69 Å². The summed E-state index contributed by atoms with van der Waals surface area (Å²) in [5, 5.41) is 3.91. The summed E-state index contributed by atoms with van der Waals surface area (Å²) in [5.41, 5.74) is 6.72. The van der Waals surface area contributed by atoms with Crippen LogP contribution in [-0.4, -0.2) is 25.3 Å². The molecule has 0 spiro atoms. The van der Waals surface area contributed by atoms with Gasteiger partial charge >= 0.3 is 5.97 Å². The molecule has 0 bridgehead atoms. The van der Waals surface area contributed by atoms with E-state index in [1.54, 1.807) is 28.6 Å². The van der Waals surface area contributed by atoms with Crippen LogP contribution in [-0.2, 0) is 24.9 Å². The van der Waals surface area contributed by atoms with Gasteiger partial charge in [0.15, 0.2) is 12.4 Å². The highest BCUT2D eigenvalue weighted by Gasteiger charge is 2.15. The van der Waals surface area contributed by atoms with Crippen molar-refractivity contribution in [1.82, 2.24) is 19.3 Å². The summed E-state index contributed by atoms with van der Waals surface area (Å²) in [6.45, 7) is 2.85. The summed E-state index contributed by atoms with van der Waals surface area (Å²) in [4.78, 5) is 16.0. The Morgan fingerprint density at radius 1 is 1.53 bits per heavy atom. The summed E-state index contributed by atoms with van der Waals surface area (Å²) in [7, 11) is 1.74. The molecule has 7 nitrogen and oxygen atoms in total. The summed E-state index contributed by atoms with van der Waals surface area (Å²) >= 11 is 0. The van der Waals surface area contributed by atoms with Crippen molar-refractivity contribution < 1.29 is 9.53 Å². The number of nitrogens with two attached hydrogens (primary N) is 1. The Labute approximate surface area is 111 Å². The molecule has 2 rings (SSSR count). The smallest absolute Gasteiger partial charge is 0.355 e. The van der Waals surface area contributed by atoms with E-state index in [-0.39, 0.29) is 6.61 Å². The van der Waals surface area contributed by atoms with Gasteiger partial charge in [-0.25, -0.2) is 9.78 Å². The van der Waals surface area contributed by atoms with Crippen molar-refractivity contribution >= 4 is 11.7 Å². The van der Waals surface area contributed by atoms with Gasteiger partial charge in [-0.2, -0.15) is 5.10 Å². The van der Waals surface area contributed by atoms with E-state index in [4.69, 9.17) is 10.5 Å². The molecule has 0 saturated heterocycles. The van der Waals surface area contributed by atoms with Crippen LogP contribution in [0.1, 0.15) is 29.7 Å². The van der Waals surface area contributed by atoms with Crippen molar-refractivity contribution in [2.24, 2.45) is 7.05 Å². The molecule has 2 heterocycles. The van der Waals surface area contributed by atoms with E-state index in [9.17, 15) is 4.79 Å². The van der Waals surface area contributed by atoms with E-state index < -0.39 is 5.97 Å². The van der Waals surface area contributed by atoms with Gasteiger partial charge in [-0.05, 0) is 12.5 Å². The third-order valence-electron chi connectivity index (χ3n) is 2.73. The lowest BCUT2D eigenvalue weighted by molar-refractivity contribution is 0.0445. The average molecular weight is 263 g/mol. The Bertz CT molecular complexity index is 572. The van der Waals surface area contributed by atoms with Gasteiger partial charge in [0.25, 0.3) is 0 Å². The largest absolute Gasteiger partial charge is 0.453 e. The number of ether oxygens (including phenoxy) is 1. The lowest BCUT2D eigenvalue weighted by atomic mass is 10.4. The zero-order chi connectivity index (χ0) is 13.8. The Balaban J connectivity index is 2.05. The molecule has 0 atom stereocenters. The van der Waals surface area contributed by atoms with Crippen LogP contribution in [0.4, 0.5) is 5.69 Å². The minimum atomic E-state index is -0.409. The molecule has 0 amide bonds. The van der Waals surface area contributed by atoms with E-state index in [0.29, 0.717) is 17.2 Å². The number of aromatic nitrogens is 4. The van der Waals surface area contributed by atoms with Gasteiger partial charge in [0.1, 0.15) is 12.0 Å². The van der Waals surface area contributed by atoms with Gasteiger partial charge in [0.2, 0.25) is 0 Å². The lowest BCUT2D eigenvalue weighted by Gasteiger charge is -2.07. The Morgan fingerprint density at radius 2 is 2.32 bits per heavy atom. The second-order valence-corrected chi connectivity index (χ2v) is 4.23. The maximum atomic E-state index is 12.0. The second kappa shape index (κ2) is 5.55. The number of carbonyl (C=O) groups is 1. The van der Waals surface area contributed by atoms with Crippen LogP contribution in [0.15, 0.2) is 18.6 Å². The summed E-state index contributed by atoms with van der Waals surface area (Å²) in [5.74, 6) is 0.183. The number of aryl methyl sites for hydroxylation is 2. The van der Waals surface area contributed by atoms with E-state index >= 15 is 0 Å².